The summed E-state index contributed by atoms with van der Waals surface area (Å²) >= 11 is 0. The average molecular weight is 284 g/mol. The van der Waals surface area contributed by atoms with E-state index in [4.69, 9.17) is 9.47 Å². The fourth-order valence-electron chi connectivity index (χ4n) is 2.24. The zero-order chi connectivity index (χ0) is 14.7. The molecule has 0 aliphatic carbocycles. The van der Waals surface area contributed by atoms with Crippen molar-refractivity contribution in [1.82, 2.24) is 9.88 Å². The van der Waals surface area contributed by atoms with E-state index in [-0.39, 0.29) is 12.7 Å². The Morgan fingerprint density at radius 1 is 1.24 bits per heavy atom. The van der Waals surface area contributed by atoms with Crippen molar-refractivity contribution in [3.63, 3.8) is 0 Å². The van der Waals surface area contributed by atoms with E-state index in [2.05, 4.69) is 4.98 Å². The molecule has 0 N–H and O–H groups in total. The molecule has 3 rings (SSSR count). The van der Waals surface area contributed by atoms with Crippen LogP contribution in [0.3, 0.4) is 0 Å². The number of pyridine rings is 1. The molecular weight excluding hydrogens is 268 g/mol. The Balaban J connectivity index is 1.77. The van der Waals surface area contributed by atoms with Crippen molar-refractivity contribution < 1.29 is 14.3 Å². The topological polar surface area (TPSA) is 51.7 Å². The Morgan fingerprint density at radius 2 is 2.10 bits per heavy atom. The van der Waals surface area contributed by atoms with Crippen molar-refractivity contribution in [2.45, 2.75) is 13.5 Å². The highest BCUT2D eigenvalue weighted by molar-refractivity contribution is 5.92. The van der Waals surface area contributed by atoms with Crippen molar-refractivity contribution in [1.29, 1.82) is 0 Å². The molecule has 0 radical (unpaired) electrons. The van der Waals surface area contributed by atoms with Gasteiger partial charge in [-0.05, 0) is 36.8 Å². The van der Waals surface area contributed by atoms with Gasteiger partial charge in [-0.15, -0.1) is 0 Å². The van der Waals surface area contributed by atoms with Crippen LogP contribution in [-0.4, -0.2) is 29.1 Å². The summed E-state index contributed by atoms with van der Waals surface area (Å²) in [5.41, 5.74) is 1.46. The third-order valence-corrected chi connectivity index (χ3v) is 3.36. The Hall–Kier alpha value is -2.56. The number of fused-ring (bicyclic) bond motifs is 1. The molecule has 1 amide bonds. The average Bonchev–Trinajstić information content (AvgIpc) is 3.00. The summed E-state index contributed by atoms with van der Waals surface area (Å²) in [6, 6.07) is 11.1. The summed E-state index contributed by atoms with van der Waals surface area (Å²) in [5.74, 6) is 1.41. The lowest BCUT2D eigenvalue weighted by Gasteiger charge is -2.20. The molecule has 0 spiro atoms. The van der Waals surface area contributed by atoms with E-state index in [1.165, 1.54) is 0 Å². The monoisotopic (exact) mass is 284 g/mol. The van der Waals surface area contributed by atoms with Crippen molar-refractivity contribution in [2.75, 3.05) is 13.3 Å². The molecule has 1 aromatic carbocycles. The van der Waals surface area contributed by atoms with Gasteiger partial charge in [0.25, 0.3) is 5.91 Å². The Kier molecular flexibility index (Phi) is 3.73. The minimum atomic E-state index is -0.0734. The third kappa shape index (κ3) is 2.81. The van der Waals surface area contributed by atoms with E-state index in [1.807, 2.05) is 31.2 Å². The van der Waals surface area contributed by atoms with Crippen LogP contribution in [0.25, 0.3) is 0 Å². The second kappa shape index (κ2) is 5.83. The van der Waals surface area contributed by atoms with E-state index in [9.17, 15) is 4.79 Å². The Morgan fingerprint density at radius 3 is 2.86 bits per heavy atom. The number of hydrogen-bond donors (Lipinski definition) is 0. The number of ether oxygens (including phenoxy) is 2. The number of rotatable bonds is 4. The highest BCUT2D eigenvalue weighted by Crippen LogP contribution is 2.32. The lowest BCUT2D eigenvalue weighted by Crippen LogP contribution is -2.30. The second-order valence-electron chi connectivity index (χ2n) is 4.72. The van der Waals surface area contributed by atoms with Gasteiger partial charge in [0.05, 0.1) is 0 Å². The molecule has 0 fully saturated rings. The zero-order valence-corrected chi connectivity index (χ0v) is 11.8. The number of benzene rings is 1. The Bertz CT molecular complexity index is 643. The molecule has 0 unspecified atom stereocenters. The van der Waals surface area contributed by atoms with Crippen LogP contribution in [-0.2, 0) is 6.54 Å². The molecule has 1 aliphatic rings. The van der Waals surface area contributed by atoms with Crippen molar-refractivity contribution in [3.8, 4) is 11.5 Å². The van der Waals surface area contributed by atoms with E-state index >= 15 is 0 Å². The molecule has 5 nitrogen and oxygen atoms in total. The largest absolute Gasteiger partial charge is 0.454 e. The fourth-order valence-corrected chi connectivity index (χ4v) is 2.24. The molecule has 2 heterocycles. The molecule has 108 valence electrons. The summed E-state index contributed by atoms with van der Waals surface area (Å²) in [6.45, 7) is 3.34. The van der Waals surface area contributed by atoms with Gasteiger partial charge >= 0.3 is 0 Å². The predicted molar refractivity (Wildman–Crippen MR) is 77.2 cm³/mol. The molecule has 21 heavy (non-hydrogen) atoms. The van der Waals surface area contributed by atoms with Gasteiger partial charge in [-0.3, -0.25) is 9.78 Å². The standard InChI is InChI=1S/C16H16N2O3/c1-2-18(16(19)13-5-3-4-8-17-13)10-12-6-7-14-15(9-12)21-11-20-14/h3-9H,2,10-11H2,1H3. The van der Waals surface area contributed by atoms with E-state index < -0.39 is 0 Å². The molecular formula is C16H16N2O3. The third-order valence-electron chi connectivity index (χ3n) is 3.36. The lowest BCUT2D eigenvalue weighted by atomic mass is 10.2. The van der Waals surface area contributed by atoms with E-state index in [1.54, 1.807) is 23.2 Å². The van der Waals surface area contributed by atoms with E-state index in [0.29, 0.717) is 18.8 Å². The smallest absolute Gasteiger partial charge is 0.272 e. The van der Waals surface area contributed by atoms with Gasteiger partial charge < -0.3 is 14.4 Å². The maximum absolute atomic E-state index is 12.4. The highest BCUT2D eigenvalue weighted by atomic mass is 16.7. The molecule has 0 bridgehead atoms. The summed E-state index contributed by atoms with van der Waals surface area (Å²) in [7, 11) is 0. The molecule has 0 saturated heterocycles. The summed E-state index contributed by atoms with van der Waals surface area (Å²) in [4.78, 5) is 18.3. The van der Waals surface area contributed by atoms with Crippen molar-refractivity contribution in [2.24, 2.45) is 0 Å². The van der Waals surface area contributed by atoms with Crippen LogP contribution in [0.1, 0.15) is 23.0 Å². The SMILES string of the molecule is CCN(Cc1ccc2c(c1)OCO2)C(=O)c1ccccn1. The fraction of sp³-hybridized carbons (Fsp3) is 0.250. The summed E-state index contributed by atoms with van der Waals surface area (Å²) in [5, 5.41) is 0. The summed E-state index contributed by atoms with van der Waals surface area (Å²) in [6.07, 6.45) is 1.63. The normalized spacial score (nSPS) is 12.2. The van der Waals surface area contributed by atoms with Gasteiger partial charge in [0.1, 0.15) is 5.69 Å². The van der Waals surface area contributed by atoms with Crippen molar-refractivity contribution >= 4 is 5.91 Å². The van der Waals surface area contributed by atoms with Crippen LogP contribution >= 0.6 is 0 Å². The van der Waals surface area contributed by atoms with Crippen LogP contribution in [0.15, 0.2) is 42.6 Å². The molecule has 0 saturated carbocycles. The first kappa shape index (κ1) is 13.4. The van der Waals surface area contributed by atoms with Crippen LogP contribution in [0, 0.1) is 0 Å². The van der Waals surface area contributed by atoms with Gasteiger partial charge in [-0.25, -0.2) is 0 Å². The molecule has 5 heteroatoms. The maximum Gasteiger partial charge on any atom is 0.272 e. The van der Waals surface area contributed by atoms with Gasteiger partial charge in [-0.1, -0.05) is 12.1 Å². The quantitative estimate of drug-likeness (QED) is 0.865. The first-order valence-corrected chi connectivity index (χ1v) is 6.86. The van der Waals surface area contributed by atoms with Gasteiger partial charge in [0.2, 0.25) is 6.79 Å². The minimum absolute atomic E-state index is 0.0734. The number of amides is 1. The molecule has 1 aromatic heterocycles. The number of carbonyl (C=O) groups is 1. The lowest BCUT2D eigenvalue weighted by molar-refractivity contribution is 0.0746. The number of hydrogen-bond acceptors (Lipinski definition) is 4. The molecule has 0 atom stereocenters. The molecule has 2 aromatic rings. The number of aromatic nitrogens is 1. The zero-order valence-electron chi connectivity index (χ0n) is 11.8. The van der Waals surface area contributed by atoms with Crippen LogP contribution < -0.4 is 9.47 Å². The molecule has 1 aliphatic heterocycles. The Labute approximate surface area is 123 Å². The summed E-state index contributed by atoms with van der Waals surface area (Å²) < 4.78 is 10.7. The van der Waals surface area contributed by atoms with Gasteiger partial charge in [-0.2, -0.15) is 0 Å². The predicted octanol–water partition coefficient (Wildman–Crippen LogP) is 2.47. The second-order valence-corrected chi connectivity index (χ2v) is 4.72. The maximum atomic E-state index is 12.4. The van der Waals surface area contributed by atoms with Crippen molar-refractivity contribution in [3.05, 3.63) is 53.9 Å². The van der Waals surface area contributed by atoms with Crippen LogP contribution in [0.2, 0.25) is 0 Å². The van der Waals surface area contributed by atoms with Gasteiger partial charge in [0, 0.05) is 19.3 Å². The first-order chi connectivity index (χ1) is 10.3. The minimum Gasteiger partial charge on any atom is -0.454 e. The van der Waals surface area contributed by atoms with E-state index in [0.717, 1.165) is 17.1 Å². The van der Waals surface area contributed by atoms with Crippen LogP contribution in [0.4, 0.5) is 0 Å². The number of nitrogens with zero attached hydrogens (tertiary/aromatic N) is 2. The van der Waals surface area contributed by atoms with Crippen LogP contribution in [0.5, 0.6) is 11.5 Å². The van der Waals surface area contributed by atoms with Gasteiger partial charge in [0.15, 0.2) is 11.5 Å². The first-order valence-electron chi connectivity index (χ1n) is 6.86. The highest BCUT2D eigenvalue weighted by Gasteiger charge is 2.18. The number of carbonyl (C=O) groups excluding carboxylic acids is 1.